The molecule has 0 atom stereocenters. The number of anilines is 1. The number of hydrogen-bond donors (Lipinski definition) is 1. The molecule has 0 aliphatic heterocycles. The number of amides is 1. The lowest BCUT2D eigenvalue weighted by atomic mass is 10.1. The van der Waals surface area contributed by atoms with Crippen LogP contribution in [0.5, 0.6) is 5.75 Å². The van der Waals surface area contributed by atoms with Crippen molar-refractivity contribution in [3.05, 3.63) is 58.7 Å². The van der Waals surface area contributed by atoms with Gasteiger partial charge in [0.05, 0.1) is 19.4 Å². The van der Waals surface area contributed by atoms with Crippen molar-refractivity contribution in [2.75, 3.05) is 18.2 Å². The van der Waals surface area contributed by atoms with Crippen LogP contribution >= 0.6 is 11.8 Å². The number of aryl methyl sites for hydroxylation is 3. The third kappa shape index (κ3) is 4.89. The summed E-state index contributed by atoms with van der Waals surface area (Å²) >= 11 is 1.31. The van der Waals surface area contributed by atoms with Crippen molar-refractivity contribution in [1.29, 1.82) is 0 Å². The normalized spacial score (nSPS) is 10.7. The Hall–Kier alpha value is -2.87. The fraction of sp³-hybridized carbons (Fsp3) is 0.300. The maximum atomic E-state index is 12.4. The summed E-state index contributed by atoms with van der Waals surface area (Å²) in [4.78, 5) is 12.4. The van der Waals surface area contributed by atoms with E-state index >= 15 is 0 Å². The van der Waals surface area contributed by atoms with E-state index in [9.17, 15) is 4.79 Å². The highest BCUT2D eigenvalue weighted by molar-refractivity contribution is 7.99. The largest absolute Gasteiger partial charge is 0.497 e. The first kappa shape index (κ1) is 19.9. The minimum absolute atomic E-state index is 0.0842. The molecule has 28 heavy (non-hydrogen) atoms. The fourth-order valence-corrected chi connectivity index (χ4v) is 3.66. The van der Waals surface area contributed by atoms with Gasteiger partial charge in [-0.05, 0) is 60.0 Å². The molecule has 0 saturated heterocycles. The molecule has 3 aromatic rings. The zero-order valence-corrected chi connectivity index (χ0v) is 17.2. The number of ether oxygens (including phenoxy) is 1. The number of benzene rings is 2. The number of nitrogens with zero attached hydrogens (tertiary/aromatic N) is 4. The molecule has 0 spiro atoms. The van der Waals surface area contributed by atoms with Crippen LogP contribution in [0.3, 0.4) is 0 Å². The number of rotatable bonds is 7. The number of hydrogen-bond acceptors (Lipinski definition) is 6. The van der Waals surface area contributed by atoms with E-state index in [1.807, 2.05) is 45.0 Å². The molecule has 0 fully saturated rings. The summed E-state index contributed by atoms with van der Waals surface area (Å²) in [7, 11) is 1.63. The summed E-state index contributed by atoms with van der Waals surface area (Å²) in [5.41, 5.74) is 5.21. The standard InChI is InChI=1S/C20H23N5O2S/c1-13-9-14(2)19(15(3)10-13)21-18(26)12-28-20-22-23-24-25(20)11-16-5-7-17(27-4)8-6-16/h5-10H,11-12H2,1-4H3,(H,21,26). The fourth-order valence-electron chi connectivity index (χ4n) is 2.99. The number of tetrazole rings is 1. The summed E-state index contributed by atoms with van der Waals surface area (Å²) in [6, 6.07) is 11.8. The Kier molecular flexibility index (Phi) is 6.30. The monoisotopic (exact) mass is 397 g/mol. The first-order valence-corrected chi connectivity index (χ1v) is 9.84. The van der Waals surface area contributed by atoms with Gasteiger partial charge in [0.25, 0.3) is 0 Å². The zero-order chi connectivity index (χ0) is 20.1. The number of nitrogens with one attached hydrogen (secondary N) is 1. The third-order valence-electron chi connectivity index (χ3n) is 4.26. The highest BCUT2D eigenvalue weighted by Crippen LogP contribution is 2.23. The number of aromatic nitrogens is 4. The predicted molar refractivity (Wildman–Crippen MR) is 110 cm³/mol. The molecule has 1 N–H and O–H groups in total. The van der Waals surface area contributed by atoms with Gasteiger partial charge >= 0.3 is 0 Å². The molecule has 8 heteroatoms. The van der Waals surface area contributed by atoms with Crippen molar-refractivity contribution < 1.29 is 9.53 Å². The average molecular weight is 398 g/mol. The summed E-state index contributed by atoms with van der Waals surface area (Å²) in [5, 5.41) is 15.4. The summed E-state index contributed by atoms with van der Waals surface area (Å²) in [6.07, 6.45) is 0. The summed E-state index contributed by atoms with van der Waals surface area (Å²) in [6.45, 7) is 6.57. The topological polar surface area (TPSA) is 81.9 Å². The second kappa shape index (κ2) is 8.88. The molecular formula is C20H23N5O2S. The third-order valence-corrected chi connectivity index (χ3v) is 5.22. The number of thioether (sulfide) groups is 1. The highest BCUT2D eigenvalue weighted by atomic mass is 32.2. The van der Waals surface area contributed by atoms with Crippen LogP contribution in [-0.4, -0.2) is 39.0 Å². The van der Waals surface area contributed by atoms with Gasteiger partial charge in [-0.1, -0.05) is 41.6 Å². The van der Waals surface area contributed by atoms with Crippen LogP contribution in [0.4, 0.5) is 5.69 Å². The van der Waals surface area contributed by atoms with Crippen LogP contribution in [0.15, 0.2) is 41.6 Å². The van der Waals surface area contributed by atoms with Gasteiger partial charge in [0, 0.05) is 5.69 Å². The van der Waals surface area contributed by atoms with Gasteiger partial charge in [-0.15, -0.1) is 5.10 Å². The Bertz CT molecular complexity index is 946. The van der Waals surface area contributed by atoms with E-state index in [2.05, 4.69) is 33.0 Å². The lowest BCUT2D eigenvalue weighted by Crippen LogP contribution is -2.16. The van der Waals surface area contributed by atoms with Crippen LogP contribution in [0.2, 0.25) is 0 Å². The van der Waals surface area contributed by atoms with Crippen LogP contribution < -0.4 is 10.1 Å². The molecule has 1 amide bonds. The van der Waals surface area contributed by atoms with Crippen LogP contribution in [-0.2, 0) is 11.3 Å². The first-order chi connectivity index (χ1) is 13.5. The van der Waals surface area contributed by atoms with Gasteiger partial charge in [0.2, 0.25) is 11.1 Å². The van der Waals surface area contributed by atoms with Crippen molar-refractivity contribution in [3.8, 4) is 5.75 Å². The van der Waals surface area contributed by atoms with E-state index in [4.69, 9.17) is 4.74 Å². The Morgan fingerprint density at radius 3 is 2.46 bits per heavy atom. The first-order valence-electron chi connectivity index (χ1n) is 8.86. The molecule has 7 nitrogen and oxygen atoms in total. The van der Waals surface area contributed by atoms with E-state index in [1.165, 1.54) is 17.3 Å². The number of methoxy groups -OCH3 is 1. The van der Waals surface area contributed by atoms with E-state index < -0.39 is 0 Å². The van der Waals surface area contributed by atoms with Gasteiger partial charge in [-0.2, -0.15) is 0 Å². The molecule has 1 aromatic heterocycles. The molecule has 1 heterocycles. The predicted octanol–water partition coefficient (Wildman–Crippen LogP) is 3.39. The lowest BCUT2D eigenvalue weighted by Gasteiger charge is -2.12. The average Bonchev–Trinajstić information content (AvgIpc) is 3.10. The lowest BCUT2D eigenvalue weighted by molar-refractivity contribution is -0.113. The highest BCUT2D eigenvalue weighted by Gasteiger charge is 2.13. The van der Waals surface area contributed by atoms with Gasteiger partial charge in [-0.25, -0.2) is 4.68 Å². The Morgan fingerprint density at radius 1 is 1.14 bits per heavy atom. The zero-order valence-electron chi connectivity index (χ0n) is 16.4. The molecule has 146 valence electrons. The Morgan fingerprint density at radius 2 is 1.82 bits per heavy atom. The van der Waals surface area contributed by atoms with E-state index in [0.717, 1.165) is 28.1 Å². The van der Waals surface area contributed by atoms with E-state index in [1.54, 1.807) is 11.8 Å². The smallest absolute Gasteiger partial charge is 0.234 e. The van der Waals surface area contributed by atoms with Crippen molar-refractivity contribution in [3.63, 3.8) is 0 Å². The minimum Gasteiger partial charge on any atom is -0.497 e. The maximum absolute atomic E-state index is 12.4. The van der Waals surface area contributed by atoms with Crippen molar-refractivity contribution in [2.45, 2.75) is 32.5 Å². The molecule has 0 saturated carbocycles. The summed E-state index contributed by atoms with van der Waals surface area (Å²) in [5.74, 6) is 0.947. The second-order valence-corrected chi connectivity index (χ2v) is 7.52. The van der Waals surface area contributed by atoms with Crippen molar-refractivity contribution in [1.82, 2.24) is 20.2 Å². The Balaban J connectivity index is 1.61. The van der Waals surface area contributed by atoms with Crippen molar-refractivity contribution in [2.24, 2.45) is 0 Å². The molecular weight excluding hydrogens is 374 g/mol. The quantitative estimate of drug-likeness (QED) is 0.616. The molecule has 2 aromatic carbocycles. The number of carbonyl (C=O) groups is 1. The van der Waals surface area contributed by atoms with Gasteiger partial charge in [-0.3, -0.25) is 4.79 Å². The SMILES string of the molecule is COc1ccc(Cn2nnnc2SCC(=O)Nc2c(C)cc(C)cc2C)cc1. The van der Waals surface area contributed by atoms with Gasteiger partial charge in [0.15, 0.2) is 0 Å². The van der Waals surface area contributed by atoms with Crippen LogP contribution in [0.25, 0.3) is 0 Å². The maximum Gasteiger partial charge on any atom is 0.234 e. The van der Waals surface area contributed by atoms with E-state index in [0.29, 0.717) is 11.7 Å². The van der Waals surface area contributed by atoms with Crippen molar-refractivity contribution >= 4 is 23.4 Å². The van der Waals surface area contributed by atoms with Crippen LogP contribution in [0, 0.1) is 20.8 Å². The molecule has 0 unspecified atom stereocenters. The molecule has 0 radical (unpaired) electrons. The second-order valence-electron chi connectivity index (χ2n) is 6.58. The Labute approximate surface area is 168 Å². The molecule has 0 aliphatic carbocycles. The minimum atomic E-state index is -0.0842. The van der Waals surface area contributed by atoms with Gasteiger partial charge < -0.3 is 10.1 Å². The molecule has 0 aliphatic rings. The molecule has 0 bridgehead atoms. The molecule has 3 rings (SSSR count). The van der Waals surface area contributed by atoms with E-state index in [-0.39, 0.29) is 11.7 Å². The van der Waals surface area contributed by atoms with Crippen LogP contribution in [0.1, 0.15) is 22.3 Å². The van der Waals surface area contributed by atoms with Gasteiger partial charge in [0.1, 0.15) is 5.75 Å². The number of carbonyl (C=O) groups excluding carboxylic acids is 1. The summed E-state index contributed by atoms with van der Waals surface area (Å²) < 4.78 is 6.85.